The number of nitrogens with two attached hydrogens (primary N) is 1. The van der Waals surface area contributed by atoms with Gasteiger partial charge in [-0.2, -0.15) is 0 Å². The number of nitrogens with one attached hydrogen (secondary N) is 1. The maximum atomic E-state index is 11.8. The lowest BCUT2D eigenvalue weighted by atomic mass is 9.97. The zero-order chi connectivity index (χ0) is 12.6. The summed E-state index contributed by atoms with van der Waals surface area (Å²) < 4.78 is 5.36. The first-order valence-electron chi connectivity index (χ1n) is 5.47. The molecule has 90 valence electrons. The number of carbonyl (C=O) groups excluding carboxylic acids is 1. The fourth-order valence-corrected chi connectivity index (χ4v) is 1.51. The molecule has 1 aromatic carbocycles. The van der Waals surface area contributed by atoms with Gasteiger partial charge in [-0.1, -0.05) is 6.07 Å². The average molecular weight is 232 g/mol. The van der Waals surface area contributed by atoms with E-state index in [0.29, 0.717) is 11.4 Å². The normalized spacial score (nSPS) is 11.7. The molecule has 17 heavy (non-hydrogen) atoms. The van der Waals surface area contributed by atoms with Crippen molar-refractivity contribution < 1.29 is 9.53 Å². The number of H-pyrrole nitrogens is 1. The third-order valence-electron chi connectivity index (χ3n) is 2.52. The summed E-state index contributed by atoms with van der Waals surface area (Å²) in [4.78, 5) is 14.8. The second-order valence-corrected chi connectivity index (χ2v) is 5.06. The number of rotatable bonds is 1. The van der Waals surface area contributed by atoms with Crippen molar-refractivity contribution in [2.24, 2.45) is 5.41 Å². The molecule has 1 aromatic heterocycles. The molecule has 1 heterocycles. The molecule has 0 unspecified atom stereocenters. The SMILES string of the molecule is CC(C)(C)C(=O)Oc1c[nH]c2cccc(N)c12. The Balaban J connectivity index is 2.41. The highest BCUT2D eigenvalue weighted by molar-refractivity contribution is 5.97. The van der Waals surface area contributed by atoms with Gasteiger partial charge in [-0.05, 0) is 32.9 Å². The first-order chi connectivity index (χ1) is 7.89. The molecule has 0 saturated heterocycles. The molecule has 0 amide bonds. The number of anilines is 1. The number of carbonyl (C=O) groups is 1. The maximum Gasteiger partial charge on any atom is 0.316 e. The maximum absolute atomic E-state index is 11.8. The van der Waals surface area contributed by atoms with E-state index in [1.165, 1.54) is 0 Å². The minimum absolute atomic E-state index is 0.276. The van der Waals surface area contributed by atoms with Gasteiger partial charge in [0, 0.05) is 11.9 Å². The zero-order valence-corrected chi connectivity index (χ0v) is 10.2. The van der Waals surface area contributed by atoms with Crippen LogP contribution in [0.1, 0.15) is 20.8 Å². The molecule has 4 heteroatoms. The smallest absolute Gasteiger partial charge is 0.316 e. The zero-order valence-electron chi connectivity index (χ0n) is 10.2. The summed E-state index contributed by atoms with van der Waals surface area (Å²) >= 11 is 0. The number of hydrogen-bond donors (Lipinski definition) is 2. The van der Waals surface area contributed by atoms with Gasteiger partial charge < -0.3 is 15.5 Å². The number of benzene rings is 1. The molecule has 0 aliphatic carbocycles. The highest BCUT2D eigenvalue weighted by atomic mass is 16.5. The van der Waals surface area contributed by atoms with E-state index in [0.717, 1.165) is 10.9 Å². The first-order valence-corrected chi connectivity index (χ1v) is 5.47. The monoisotopic (exact) mass is 232 g/mol. The summed E-state index contributed by atoms with van der Waals surface area (Å²) in [6.07, 6.45) is 1.66. The number of hydrogen-bond acceptors (Lipinski definition) is 3. The highest BCUT2D eigenvalue weighted by Crippen LogP contribution is 2.31. The first kappa shape index (κ1) is 11.5. The van der Waals surface area contributed by atoms with Crippen LogP contribution in [0.5, 0.6) is 5.75 Å². The van der Waals surface area contributed by atoms with Crippen LogP contribution in [0.4, 0.5) is 5.69 Å². The van der Waals surface area contributed by atoms with E-state index < -0.39 is 5.41 Å². The van der Waals surface area contributed by atoms with Gasteiger partial charge in [-0.25, -0.2) is 0 Å². The molecule has 0 atom stereocenters. The Hall–Kier alpha value is -1.97. The number of ether oxygens (including phenoxy) is 1. The molecule has 0 radical (unpaired) electrons. The molecule has 0 aliphatic heterocycles. The van der Waals surface area contributed by atoms with Gasteiger partial charge >= 0.3 is 5.97 Å². The molecule has 2 rings (SSSR count). The summed E-state index contributed by atoms with van der Waals surface area (Å²) in [7, 11) is 0. The van der Waals surface area contributed by atoms with Crippen molar-refractivity contribution in [2.75, 3.05) is 5.73 Å². The molecule has 0 saturated carbocycles. The van der Waals surface area contributed by atoms with Crippen molar-refractivity contribution in [3.8, 4) is 5.75 Å². The Morgan fingerprint density at radius 2 is 2.06 bits per heavy atom. The van der Waals surface area contributed by atoms with E-state index in [1.54, 1.807) is 12.3 Å². The average Bonchev–Trinajstić information content (AvgIpc) is 2.61. The van der Waals surface area contributed by atoms with Crippen LogP contribution in [0.25, 0.3) is 10.9 Å². The van der Waals surface area contributed by atoms with E-state index in [9.17, 15) is 4.79 Å². The van der Waals surface area contributed by atoms with Gasteiger partial charge in [0.1, 0.15) is 0 Å². The predicted octanol–water partition coefficient (Wildman–Crippen LogP) is 2.70. The molecule has 3 N–H and O–H groups in total. The third kappa shape index (κ3) is 2.11. The van der Waals surface area contributed by atoms with Crippen molar-refractivity contribution >= 4 is 22.6 Å². The van der Waals surface area contributed by atoms with Gasteiger partial charge in [0.2, 0.25) is 0 Å². The van der Waals surface area contributed by atoms with Crippen LogP contribution in [0.2, 0.25) is 0 Å². The van der Waals surface area contributed by atoms with E-state index in [4.69, 9.17) is 10.5 Å². The van der Waals surface area contributed by atoms with Crippen LogP contribution in [0, 0.1) is 5.41 Å². The largest absolute Gasteiger partial charge is 0.424 e. The van der Waals surface area contributed by atoms with Crippen LogP contribution in [0.15, 0.2) is 24.4 Å². The Bertz CT molecular complexity index is 564. The van der Waals surface area contributed by atoms with Crippen molar-refractivity contribution in [3.05, 3.63) is 24.4 Å². The minimum Gasteiger partial charge on any atom is -0.424 e. The molecule has 4 nitrogen and oxygen atoms in total. The van der Waals surface area contributed by atoms with Gasteiger partial charge in [-0.15, -0.1) is 0 Å². The summed E-state index contributed by atoms with van der Waals surface area (Å²) in [5.41, 5.74) is 6.80. The van der Waals surface area contributed by atoms with Gasteiger partial charge in [0.25, 0.3) is 0 Å². The lowest BCUT2D eigenvalue weighted by molar-refractivity contribution is -0.142. The second-order valence-electron chi connectivity index (χ2n) is 5.06. The number of aromatic amines is 1. The van der Waals surface area contributed by atoms with Crippen molar-refractivity contribution in [2.45, 2.75) is 20.8 Å². The van der Waals surface area contributed by atoms with Crippen molar-refractivity contribution in [1.29, 1.82) is 0 Å². The van der Waals surface area contributed by atoms with Crippen LogP contribution in [0.3, 0.4) is 0 Å². The molecule has 0 spiro atoms. The van der Waals surface area contributed by atoms with Crippen LogP contribution in [-0.4, -0.2) is 11.0 Å². The summed E-state index contributed by atoms with van der Waals surface area (Å²) in [5, 5.41) is 0.755. The summed E-state index contributed by atoms with van der Waals surface area (Å²) in [6.45, 7) is 5.44. The van der Waals surface area contributed by atoms with Gasteiger partial charge in [0.05, 0.1) is 16.3 Å². The highest BCUT2D eigenvalue weighted by Gasteiger charge is 2.25. The third-order valence-corrected chi connectivity index (χ3v) is 2.52. The number of fused-ring (bicyclic) bond motifs is 1. The molecule has 0 fully saturated rings. The summed E-state index contributed by atoms with van der Waals surface area (Å²) in [5.74, 6) is 0.208. The molecule has 0 bridgehead atoms. The Labute approximate surface area is 99.8 Å². The quantitative estimate of drug-likeness (QED) is 0.586. The van der Waals surface area contributed by atoms with E-state index in [1.807, 2.05) is 32.9 Å². The lowest BCUT2D eigenvalue weighted by Crippen LogP contribution is -2.25. The number of esters is 1. The Morgan fingerprint density at radius 1 is 1.35 bits per heavy atom. The number of aromatic nitrogens is 1. The predicted molar refractivity (Wildman–Crippen MR) is 67.8 cm³/mol. The molecule has 2 aromatic rings. The molecular formula is C13H16N2O2. The fraction of sp³-hybridized carbons (Fsp3) is 0.308. The van der Waals surface area contributed by atoms with Gasteiger partial charge in [0.15, 0.2) is 5.75 Å². The van der Waals surface area contributed by atoms with E-state index in [-0.39, 0.29) is 5.97 Å². The minimum atomic E-state index is -0.535. The van der Waals surface area contributed by atoms with Crippen molar-refractivity contribution in [3.63, 3.8) is 0 Å². The number of nitrogen functional groups attached to an aromatic ring is 1. The Kier molecular flexibility index (Phi) is 2.58. The Morgan fingerprint density at radius 3 is 2.71 bits per heavy atom. The topological polar surface area (TPSA) is 68.1 Å². The van der Waals surface area contributed by atoms with Gasteiger partial charge in [-0.3, -0.25) is 4.79 Å². The van der Waals surface area contributed by atoms with Crippen LogP contribution < -0.4 is 10.5 Å². The molecule has 0 aliphatic rings. The lowest BCUT2D eigenvalue weighted by Gasteiger charge is -2.15. The van der Waals surface area contributed by atoms with E-state index >= 15 is 0 Å². The summed E-state index contributed by atoms with van der Waals surface area (Å²) in [6, 6.07) is 5.52. The molecular weight excluding hydrogens is 216 g/mol. The van der Waals surface area contributed by atoms with Crippen LogP contribution in [-0.2, 0) is 4.79 Å². The standard InChI is InChI=1S/C13H16N2O2/c1-13(2,3)12(16)17-10-7-15-9-6-4-5-8(14)11(9)10/h4-7,15H,14H2,1-3H3. The van der Waals surface area contributed by atoms with Crippen LogP contribution >= 0.6 is 0 Å². The fourth-order valence-electron chi connectivity index (χ4n) is 1.51. The van der Waals surface area contributed by atoms with E-state index in [2.05, 4.69) is 4.98 Å². The van der Waals surface area contributed by atoms with Crippen molar-refractivity contribution in [1.82, 2.24) is 4.98 Å². The second kappa shape index (κ2) is 3.80.